The van der Waals surface area contributed by atoms with Crippen molar-refractivity contribution in [2.24, 2.45) is 5.10 Å². The average Bonchev–Trinajstić information content (AvgIpc) is 2.58. The Balaban J connectivity index is 2.16. The van der Waals surface area contributed by atoms with Crippen molar-refractivity contribution in [2.45, 2.75) is 13.8 Å². The molecule has 1 amide bonds. The van der Waals surface area contributed by atoms with E-state index in [1.807, 2.05) is 19.9 Å². The monoisotopic (exact) mass is 403 g/mol. The van der Waals surface area contributed by atoms with Crippen molar-refractivity contribution < 1.29 is 23.1 Å². The van der Waals surface area contributed by atoms with Gasteiger partial charge < -0.3 is 5.11 Å². The number of anilines is 1. The Morgan fingerprint density at radius 2 is 1.75 bits per heavy atom. The second-order valence-electron chi connectivity index (χ2n) is 6.30. The maximum atomic E-state index is 12.2. The highest BCUT2D eigenvalue weighted by Gasteiger charge is 2.21. The van der Waals surface area contributed by atoms with Gasteiger partial charge in [0.05, 0.1) is 23.7 Å². The van der Waals surface area contributed by atoms with Gasteiger partial charge in [-0.2, -0.15) is 5.10 Å². The van der Waals surface area contributed by atoms with Crippen LogP contribution in [0, 0.1) is 13.8 Å². The van der Waals surface area contributed by atoms with Crippen molar-refractivity contribution in [2.75, 3.05) is 17.1 Å². The highest BCUT2D eigenvalue weighted by atomic mass is 32.2. The number of carbonyl (C=O) groups excluding carboxylic acids is 1. The van der Waals surface area contributed by atoms with E-state index in [1.165, 1.54) is 18.3 Å². The van der Waals surface area contributed by atoms with Gasteiger partial charge in [-0.05, 0) is 43.2 Å². The predicted octanol–water partition coefficient (Wildman–Crippen LogP) is 1.92. The third kappa shape index (κ3) is 5.65. The number of aryl methyl sites for hydroxylation is 2. The van der Waals surface area contributed by atoms with Crippen LogP contribution in [0.5, 0.6) is 0 Å². The number of carboxylic acid groups (broad SMARTS) is 1. The lowest BCUT2D eigenvalue weighted by Gasteiger charge is -2.22. The average molecular weight is 403 g/mol. The number of hydrogen-bond acceptors (Lipinski definition) is 5. The first-order valence-corrected chi connectivity index (χ1v) is 10.1. The smallest absolute Gasteiger partial charge is 0.336 e. The minimum Gasteiger partial charge on any atom is -0.478 e. The van der Waals surface area contributed by atoms with Crippen molar-refractivity contribution in [1.82, 2.24) is 5.43 Å². The van der Waals surface area contributed by atoms with E-state index in [2.05, 4.69) is 10.5 Å². The van der Waals surface area contributed by atoms with Crippen molar-refractivity contribution in [3.63, 3.8) is 0 Å². The predicted molar refractivity (Wildman–Crippen MR) is 107 cm³/mol. The molecule has 0 saturated heterocycles. The van der Waals surface area contributed by atoms with E-state index < -0.39 is 28.4 Å². The molecule has 0 aliphatic heterocycles. The van der Waals surface area contributed by atoms with E-state index >= 15 is 0 Å². The Labute approximate surface area is 163 Å². The number of rotatable bonds is 7. The minimum absolute atomic E-state index is 0.0356. The van der Waals surface area contributed by atoms with Crippen molar-refractivity contribution in [3.05, 3.63) is 64.7 Å². The van der Waals surface area contributed by atoms with E-state index in [0.717, 1.165) is 21.7 Å². The zero-order valence-corrected chi connectivity index (χ0v) is 16.5. The van der Waals surface area contributed by atoms with E-state index in [4.69, 9.17) is 5.11 Å². The summed E-state index contributed by atoms with van der Waals surface area (Å²) >= 11 is 0. The standard InChI is InChI=1S/C19H21N3O5S/c1-13-8-14(2)10-16(9-13)22(28(3,26)27)12-18(23)21-20-11-15-6-4-5-7-17(15)19(24)25/h4-11H,12H2,1-3H3,(H,21,23)(H,24,25)/b20-11-. The Kier molecular flexibility index (Phi) is 6.53. The first-order valence-electron chi connectivity index (χ1n) is 8.28. The molecule has 8 nitrogen and oxygen atoms in total. The number of sulfonamides is 1. The molecule has 0 aliphatic rings. The number of hydrogen-bond donors (Lipinski definition) is 2. The molecule has 0 aliphatic carbocycles. The van der Waals surface area contributed by atoms with E-state index in [1.54, 1.807) is 24.3 Å². The molecule has 2 rings (SSSR count). The van der Waals surface area contributed by atoms with Gasteiger partial charge in [0, 0.05) is 5.56 Å². The van der Waals surface area contributed by atoms with Crippen LogP contribution in [-0.2, 0) is 14.8 Å². The lowest BCUT2D eigenvalue weighted by molar-refractivity contribution is -0.119. The molecule has 0 heterocycles. The van der Waals surface area contributed by atoms with E-state index in [-0.39, 0.29) is 5.56 Å². The highest BCUT2D eigenvalue weighted by molar-refractivity contribution is 7.92. The number of benzene rings is 2. The second kappa shape index (κ2) is 8.66. The first-order chi connectivity index (χ1) is 13.1. The van der Waals surface area contributed by atoms with E-state index in [9.17, 15) is 18.0 Å². The molecule has 148 valence electrons. The molecule has 0 aromatic heterocycles. The molecular formula is C19H21N3O5S. The summed E-state index contributed by atoms with van der Waals surface area (Å²) < 4.78 is 25.3. The summed E-state index contributed by atoms with van der Waals surface area (Å²) in [7, 11) is -3.70. The molecule has 0 fully saturated rings. The van der Waals surface area contributed by atoms with Gasteiger partial charge >= 0.3 is 5.97 Å². The fourth-order valence-electron chi connectivity index (χ4n) is 2.64. The molecule has 0 atom stereocenters. The Morgan fingerprint density at radius 1 is 1.14 bits per heavy atom. The summed E-state index contributed by atoms with van der Waals surface area (Å²) in [6.07, 6.45) is 2.22. The topological polar surface area (TPSA) is 116 Å². The van der Waals surface area contributed by atoms with Crippen LogP contribution < -0.4 is 9.73 Å². The second-order valence-corrected chi connectivity index (χ2v) is 8.21. The molecule has 28 heavy (non-hydrogen) atoms. The molecule has 0 unspecified atom stereocenters. The summed E-state index contributed by atoms with van der Waals surface area (Å²) in [5.74, 6) is -1.78. The summed E-state index contributed by atoms with van der Waals surface area (Å²) in [4.78, 5) is 23.4. The van der Waals surface area contributed by atoms with Gasteiger partial charge in [0.2, 0.25) is 10.0 Å². The summed E-state index contributed by atoms with van der Waals surface area (Å²) in [6, 6.07) is 11.4. The summed E-state index contributed by atoms with van der Waals surface area (Å²) in [6.45, 7) is 3.21. The largest absolute Gasteiger partial charge is 0.478 e. The number of carboxylic acids is 1. The van der Waals surface area contributed by atoms with Crippen LogP contribution in [-0.4, -0.2) is 44.4 Å². The van der Waals surface area contributed by atoms with Gasteiger partial charge in [-0.1, -0.05) is 24.3 Å². The van der Waals surface area contributed by atoms with Gasteiger partial charge in [0.15, 0.2) is 0 Å². The zero-order valence-electron chi connectivity index (χ0n) is 15.7. The number of carbonyl (C=O) groups is 2. The molecule has 0 bridgehead atoms. The lowest BCUT2D eigenvalue weighted by Crippen LogP contribution is -2.39. The van der Waals surface area contributed by atoms with Gasteiger partial charge in [0.1, 0.15) is 6.54 Å². The van der Waals surface area contributed by atoms with Gasteiger partial charge in [0.25, 0.3) is 5.91 Å². The summed E-state index contributed by atoms with van der Waals surface area (Å²) in [5, 5.41) is 12.9. The number of nitrogens with zero attached hydrogens (tertiary/aromatic N) is 2. The molecule has 2 aromatic carbocycles. The normalized spacial score (nSPS) is 11.4. The molecule has 0 saturated carbocycles. The minimum atomic E-state index is -3.70. The molecule has 2 aromatic rings. The molecular weight excluding hydrogens is 382 g/mol. The third-order valence-corrected chi connectivity index (χ3v) is 4.91. The van der Waals surface area contributed by atoms with E-state index in [0.29, 0.717) is 11.3 Å². The number of hydrazone groups is 1. The van der Waals surface area contributed by atoms with Gasteiger partial charge in [-0.25, -0.2) is 18.6 Å². The number of aromatic carboxylic acids is 1. The van der Waals surface area contributed by atoms with Crippen LogP contribution in [0.1, 0.15) is 27.0 Å². The zero-order chi connectivity index (χ0) is 20.9. The third-order valence-electron chi connectivity index (χ3n) is 3.77. The SMILES string of the molecule is Cc1cc(C)cc(N(CC(=O)N/N=C\c2ccccc2C(=O)O)S(C)(=O)=O)c1. The fourth-order valence-corrected chi connectivity index (χ4v) is 3.48. The summed E-state index contributed by atoms with van der Waals surface area (Å²) in [5.41, 5.74) is 4.70. The number of amides is 1. The lowest BCUT2D eigenvalue weighted by atomic mass is 10.1. The quantitative estimate of drug-likeness (QED) is 0.541. The Hall–Kier alpha value is -3.20. The molecule has 9 heteroatoms. The van der Waals surface area contributed by atoms with Crippen molar-refractivity contribution >= 4 is 33.8 Å². The molecule has 0 spiro atoms. The fraction of sp³-hybridized carbons (Fsp3) is 0.211. The van der Waals surface area contributed by atoms with Crippen LogP contribution in [0.2, 0.25) is 0 Å². The maximum absolute atomic E-state index is 12.2. The highest BCUT2D eigenvalue weighted by Crippen LogP contribution is 2.21. The molecule has 0 radical (unpaired) electrons. The Morgan fingerprint density at radius 3 is 2.32 bits per heavy atom. The van der Waals surface area contributed by atoms with Gasteiger partial charge in [-0.15, -0.1) is 0 Å². The van der Waals surface area contributed by atoms with Crippen molar-refractivity contribution in [3.8, 4) is 0 Å². The first kappa shape index (κ1) is 21.1. The van der Waals surface area contributed by atoms with Crippen LogP contribution in [0.4, 0.5) is 5.69 Å². The maximum Gasteiger partial charge on any atom is 0.336 e. The Bertz CT molecular complexity index is 1010. The van der Waals surface area contributed by atoms with Crippen LogP contribution in [0.15, 0.2) is 47.6 Å². The molecule has 2 N–H and O–H groups in total. The van der Waals surface area contributed by atoms with Crippen molar-refractivity contribution in [1.29, 1.82) is 0 Å². The van der Waals surface area contributed by atoms with Crippen LogP contribution in [0.25, 0.3) is 0 Å². The van der Waals surface area contributed by atoms with Crippen LogP contribution in [0.3, 0.4) is 0 Å². The van der Waals surface area contributed by atoms with Crippen LogP contribution >= 0.6 is 0 Å². The van der Waals surface area contributed by atoms with Gasteiger partial charge in [-0.3, -0.25) is 9.10 Å². The number of nitrogens with one attached hydrogen (secondary N) is 1.